The Morgan fingerprint density at radius 3 is 2.71 bits per heavy atom. The molecule has 0 spiro atoms. The molecule has 1 heterocycles. The summed E-state index contributed by atoms with van der Waals surface area (Å²) < 4.78 is 0. The number of allylic oxidation sites excluding steroid dienone is 1. The summed E-state index contributed by atoms with van der Waals surface area (Å²) in [5.74, 6) is -0.782. The van der Waals surface area contributed by atoms with Gasteiger partial charge in [-0.05, 0) is 19.4 Å². The minimum absolute atomic E-state index is 0.533. The number of hydrogen-bond acceptors (Lipinski definition) is 3. The van der Waals surface area contributed by atoms with Gasteiger partial charge < -0.3 is 5.11 Å². The van der Waals surface area contributed by atoms with Crippen LogP contribution in [0.4, 0.5) is 0 Å². The molecule has 0 aromatic carbocycles. The average Bonchev–Trinajstić information content (AvgIpc) is 2.00. The van der Waals surface area contributed by atoms with Crippen LogP contribution in [0.15, 0.2) is 11.6 Å². The number of carboxylic acids is 1. The molecule has 0 unspecified atom stereocenters. The largest absolute Gasteiger partial charge is 0.481 e. The van der Waals surface area contributed by atoms with Crippen molar-refractivity contribution >= 4 is 5.97 Å². The molecular weight excluding hydrogens is 180 g/mol. The first kappa shape index (κ1) is 10.7. The van der Waals surface area contributed by atoms with Gasteiger partial charge in [-0.1, -0.05) is 0 Å². The van der Waals surface area contributed by atoms with E-state index in [0.717, 1.165) is 18.7 Å². The highest BCUT2D eigenvalue weighted by molar-refractivity contribution is 5.73. The smallest absolute Gasteiger partial charge is 0.310 e. The molecule has 76 valence electrons. The van der Waals surface area contributed by atoms with E-state index in [1.807, 2.05) is 11.0 Å². The van der Waals surface area contributed by atoms with Gasteiger partial charge in [0.2, 0.25) is 0 Å². The Hall–Kier alpha value is -1.34. The number of likely N-dealkylation sites (tertiary alicyclic amines) is 1. The molecule has 1 saturated heterocycles. The lowest BCUT2D eigenvalue weighted by Crippen LogP contribution is -2.47. The number of hydrogen-bond donors (Lipinski definition) is 1. The second kappa shape index (κ2) is 3.81. The zero-order valence-electron chi connectivity index (χ0n) is 8.45. The van der Waals surface area contributed by atoms with Crippen molar-refractivity contribution in [3.63, 3.8) is 0 Å². The fraction of sp³-hybridized carbons (Fsp3) is 0.600. The average molecular weight is 194 g/mol. The highest BCUT2D eigenvalue weighted by Gasteiger charge is 2.33. The highest BCUT2D eigenvalue weighted by Crippen LogP contribution is 2.22. The molecule has 14 heavy (non-hydrogen) atoms. The molecular formula is C10H14N2O2. The first-order chi connectivity index (χ1) is 6.45. The molecule has 0 amide bonds. The number of carbonyl (C=O) groups is 1. The zero-order chi connectivity index (χ0) is 10.8. The van der Waals surface area contributed by atoms with Crippen molar-refractivity contribution in [2.75, 3.05) is 19.6 Å². The first-order valence-electron chi connectivity index (χ1n) is 4.49. The summed E-state index contributed by atoms with van der Waals surface area (Å²) in [6, 6.07) is 1.97. The lowest BCUT2D eigenvalue weighted by molar-refractivity contribution is -0.148. The zero-order valence-corrected chi connectivity index (χ0v) is 8.45. The summed E-state index contributed by atoms with van der Waals surface area (Å²) in [5.41, 5.74) is 0.367. The Bertz CT molecular complexity index is 305. The van der Waals surface area contributed by atoms with Crippen LogP contribution < -0.4 is 0 Å². The fourth-order valence-corrected chi connectivity index (χ4v) is 1.45. The van der Waals surface area contributed by atoms with Crippen LogP contribution in [0, 0.1) is 16.7 Å². The van der Waals surface area contributed by atoms with Crippen LogP contribution in [-0.4, -0.2) is 35.6 Å². The summed E-state index contributed by atoms with van der Waals surface area (Å²) in [7, 11) is 0. The van der Waals surface area contributed by atoms with Gasteiger partial charge in [0.25, 0.3) is 0 Å². The molecule has 4 nitrogen and oxygen atoms in total. The molecule has 0 aromatic rings. The van der Waals surface area contributed by atoms with Crippen molar-refractivity contribution < 1.29 is 9.90 Å². The third-order valence-electron chi connectivity index (χ3n) is 2.32. The Labute approximate surface area is 83.4 Å². The SMILES string of the molecule is CC(C)(CN1CC(=CC#N)C1)C(=O)O. The van der Waals surface area contributed by atoms with Crippen LogP contribution in [0.3, 0.4) is 0 Å². The first-order valence-corrected chi connectivity index (χ1v) is 4.49. The topological polar surface area (TPSA) is 64.3 Å². The summed E-state index contributed by atoms with van der Waals surface area (Å²) in [4.78, 5) is 12.8. The van der Waals surface area contributed by atoms with E-state index in [0.29, 0.717) is 6.54 Å². The van der Waals surface area contributed by atoms with Gasteiger partial charge in [0.05, 0.1) is 11.5 Å². The minimum Gasteiger partial charge on any atom is -0.481 e. The van der Waals surface area contributed by atoms with E-state index in [1.165, 1.54) is 6.08 Å². The molecule has 0 aromatic heterocycles. The molecule has 1 N–H and O–H groups in total. The van der Waals surface area contributed by atoms with Gasteiger partial charge in [-0.3, -0.25) is 9.69 Å². The van der Waals surface area contributed by atoms with Crippen molar-refractivity contribution in [3.05, 3.63) is 11.6 Å². The molecule has 1 fully saturated rings. The Morgan fingerprint density at radius 2 is 2.29 bits per heavy atom. The van der Waals surface area contributed by atoms with Crippen molar-refractivity contribution in [3.8, 4) is 6.07 Å². The van der Waals surface area contributed by atoms with Gasteiger partial charge in [0.15, 0.2) is 0 Å². The van der Waals surface area contributed by atoms with Gasteiger partial charge in [0, 0.05) is 25.7 Å². The van der Waals surface area contributed by atoms with Gasteiger partial charge in [-0.2, -0.15) is 5.26 Å². The van der Waals surface area contributed by atoms with Crippen LogP contribution >= 0.6 is 0 Å². The van der Waals surface area contributed by atoms with E-state index in [1.54, 1.807) is 13.8 Å². The van der Waals surface area contributed by atoms with E-state index in [-0.39, 0.29) is 0 Å². The molecule has 1 aliphatic rings. The predicted molar refractivity (Wildman–Crippen MR) is 51.6 cm³/mol. The molecule has 0 atom stereocenters. The normalized spacial score (nSPS) is 17.1. The number of rotatable bonds is 3. The number of aliphatic carboxylic acids is 1. The number of carboxylic acid groups (broad SMARTS) is 1. The number of nitriles is 1. The van der Waals surface area contributed by atoms with Gasteiger partial charge in [-0.15, -0.1) is 0 Å². The molecule has 1 aliphatic heterocycles. The quantitative estimate of drug-likeness (QED) is 0.677. The van der Waals surface area contributed by atoms with Crippen molar-refractivity contribution in [1.82, 2.24) is 4.90 Å². The van der Waals surface area contributed by atoms with E-state index in [4.69, 9.17) is 10.4 Å². The molecule has 0 radical (unpaired) electrons. The summed E-state index contributed by atoms with van der Waals surface area (Å²) in [5, 5.41) is 17.3. The van der Waals surface area contributed by atoms with Crippen LogP contribution in [0.25, 0.3) is 0 Å². The van der Waals surface area contributed by atoms with Crippen LogP contribution in [0.2, 0.25) is 0 Å². The summed E-state index contributed by atoms with van der Waals surface area (Å²) >= 11 is 0. The molecule has 0 aliphatic carbocycles. The fourth-order valence-electron chi connectivity index (χ4n) is 1.45. The molecule has 0 saturated carbocycles. The minimum atomic E-state index is -0.782. The van der Waals surface area contributed by atoms with Crippen molar-refractivity contribution in [1.29, 1.82) is 5.26 Å². The predicted octanol–water partition coefficient (Wildman–Crippen LogP) is 0.863. The van der Waals surface area contributed by atoms with Crippen molar-refractivity contribution in [2.45, 2.75) is 13.8 Å². The summed E-state index contributed by atoms with van der Waals surface area (Å²) in [6.45, 7) is 5.41. The van der Waals surface area contributed by atoms with E-state index in [2.05, 4.69) is 0 Å². The van der Waals surface area contributed by atoms with E-state index in [9.17, 15) is 4.79 Å². The van der Waals surface area contributed by atoms with Gasteiger partial charge in [-0.25, -0.2) is 0 Å². The van der Waals surface area contributed by atoms with E-state index < -0.39 is 11.4 Å². The standard InChI is InChI=1S/C10H14N2O2/c1-10(2,9(13)14)7-12-5-8(6-12)3-4-11/h3H,5-7H2,1-2H3,(H,13,14). The van der Waals surface area contributed by atoms with Gasteiger partial charge in [0.1, 0.15) is 0 Å². The van der Waals surface area contributed by atoms with Crippen LogP contribution in [-0.2, 0) is 4.79 Å². The summed E-state index contributed by atoms with van der Waals surface area (Å²) in [6.07, 6.45) is 1.53. The third kappa shape index (κ3) is 2.33. The van der Waals surface area contributed by atoms with Crippen LogP contribution in [0.5, 0.6) is 0 Å². The van der Waals surface area contributed by atoms with Crippen LogP contribution in [0.1, 0.15) is 13.8 Å². The second-order valence-electron chi connectivity index (χ2n) is 4.27. The Kier molecular flexibility index (Phi) is 2.92. The third-order valence-corrected chi connectivity index (χ3v) is 2.32. The van der Waals surface area contributed by atoms with E-state index >= 15 is 0 Å². The van der Waals surface area contributed by atoms with Crippen molar-refractivity contribution in [2.24, 2.45) is 5.41 Å². The maximum Gasteiger partial charge on any atom is 0.310 e. The maximum absolute atomic E-state index is 10.8. The molecule has 4 heteroatoms. The monoisotopic (exact) mass is 194 g/mol. The Morgan fingerprint density at radius 1 is 1.71 bits per heavy atom. The van der Waals surface area contributed by atoms with Gasteiger partial charge >= 0.3 is 5.97 Å². The maximum atomic E-state index is 10.8. The molecule has 0 bridgehead atoms. The lowest BCUT2D eigenvalue weighted by atomic mass is 9.91. The number of nitrogens with zero attached hydrogens (tertiary/aromatic N) is 2. The second-order valence-corrected chi connectivity index (χ2v) is 4.27. The molecule has 1 rings (SSSR count). The Balaban J connectivity index is 2.41. The lowest BCUT2D eigenvalue weighted by Gasteiger charge is -2.37. The highest BCUT2D eigenvalue weighted by atomic mass is 16.4.